The third-order valence-electron chi connectivity index (χ3n) is 1.96. The Labute approximate surface area is 99.4 Å². The predicted octanol–water partition coefficient (Wildman–Crippen LogP) is 4.03. The molecule has 0 fully saturated rings. The normalized spacial score (nSPS) is 13.9. The molecule has 1 aromatic carbocycles. The molecule has 0 saturated carbocycles. The Morgan fingerprint density at radius 2 is 1.93 bits per heavy atom. The second-order valence-corrected chi connectivity index (χ2v) is 5.49. The Kier molecular flexibility index (Phi) is 3.79. The first kappa shape index (κ1) is 12.5. The molecule has 0 aliphatic carbocycles. The van der Waals surface area contributed by atoms with Crippen molar-refractivity contribution in [3.8, 4) is 5.75 Å². The molecule has 0 aliphatic heterocycles. The largest absolute Gasteiger partial charge is 0.508 e. The van der Waals surface area contributed by atoms with Gasteiger partial charge in [0.05, 0.1) is 11.7 Å². The van der Waals surface area contributed by atoms with Crippen molar-refractivity contribution in [2.45, 2.75) is 39.4 Å². The van der Waals surface area contributed by atoms with Crippen LogP contribution >= 0.6 is 15.9 Å². The number of phenols is 1. The summed E-state index contributed by atoms with van der Waals surface area (Å²) in [6.45, 7) is 7.93. The van der Waals surface area contributed by atoms with Gasteiger partial charge in [0.2, 0.25) is 0 Å². The number of ether oxygens (including phenoxy) is 1. The molecule has 0 bridgehead atoms. The molecule has 1 rings (SSSR count). The van der Waals surface area contributed by atoms with E-state index in [1.165, 1.54) is 0 Å². The first-order valence-corrected chi connectivity index (χ1v) is 5.75. The minimum atomic E-state index is -0.214. The van der Waals surface area contributed by atoms with Gasteiger partial charge >= 0.3 is 0 Å². The second-order valence-electron chi connectivity index (χ2n) is 4.58. The van der Waals surface area contributed by atoms with Gasteiger partial charge in [0, 0.05) is 10.0 Å². The van der Waals surface area contributed by atoms with Crippen molar-refractivity contribution >= 4 is 15.9 Å². The van der Waals surface area contributed by atoms with Crippen LogP contribution in [0.2, 0.25) is 0 Å². The summed E-state index contributed by atoms with van der Waals surface area (Å²) in [6.07, 6.45) is -0.123. The van der Waals surface area contributed by atoms with Gasteiger partial charge in [-0.15, -0.1) is 0 Å². The van der Waals surface area contributed by atoms with Gasteiger partial charge in [0.15, 0.2) is 0 Å². The van der Waals surface area contributed by atoms with Crippen LogP contribution in [0.4, 0.5) is 0 Å². The third kappa shape index (κ3) is 3.84. The molecule has 0 amide bonds. The monoisotopic (exact) mass is 272 g/mol. The quantitative estimate of drug-likeness (QED) is 0.881. The van der Waals surface area contributed by atoms with Gasteiger partial charge in [-0.3, -0.25) is 0 Å². The summed E-state index contributed by atoms with van der Waals surface area (Å²) >= 11 is 3.38. The fraction of sp³-hybridized carbons (Fsp3) is 0.500. The van der Waals surface area contributed by atoms with Gasteiger partial charge in [0.25, 0.3) is 0 Å². The Morgan fingerprint density at radius 3 is 2.47 bits per heavy atom. The maximum Gasteiger partial charge on any atom is 0.121 e. The van der Waals surface area contributed by atoms with Crippen LogP contribution in [0, 0.1) is 0 Å². The highest BCUT2D eigenvalue weighted by molar-refractivity contribution is 9.10. The molecule has 0 aliphatic rings. The first-order chi connectivity index (χ1) is 6.79. The number of benzene rings is 1. The highest BCUT2D eigenvalue weighted by Crippen LogP contribution is 2.31. The van der Waals surface area contributed by atoms with E-state index in [1.54, 1.807) is 6.07 Å². The van der Waals surface area contributed by atoms with Gasteiger partial charge in [-0.25, -0.2) is 0 Å². The molecule has 1 unspecified atom stereocenters. The van der Waals surface area contributed by atoms with Crippen molar-refractivity contribution in [1.82, 2.24) is 0 Å². The molecule has 3 heteroatoms. The van der Waals surface area contributed by atoms with Crippen LogP contribution in [0.15, 0.2) is 22.7 Å². The molecule has 0 saturated heterocycles. The van der Waals surface area contributed by atoms with Crippen molar-refractivity contribution in [3.63, 3.8) is 0 Å². The van der Waals surface area contributed by atoms with E-state index in [1.807, 2.05) is 39.8 Å². The average Bonchev–Trinajstić information content (AvgIpc) is 2.06. The fourth-order valence-corrected chi connectivity index (χ4v) is 1.82. The molecule has 0 spiro atoms. The summed E-state index contributed by atoms with van der Waals surface area (Å²) in [7, 11) is 0. The number of aromatic hydroxyl groups is 1. The summed E-state index contributed by atoms with van der Waals surface area (Å²) < 4.78 is 6.72. The summed E-state index contributed by atoms with van der Waals surface area (Å²) in [5, 5.41) is 9.70. The SMILES string of the molecule is CC(OC(C)(C)C)c1cc(Br)ccc1O. The maximum absolute atomic E-state index is 9.70. The summed E-state index contributed by atoms with van der Waals surface area (Å²) in [6, 6.07) is 5.36. The Hall–Kier alpha value is -0.540. The lowest BCUT2D eigenvalue weighted by Gasteiger charge is -2.25. The fourth-order valence-electron chi connectivity index (χ4n) is 1.44. The van der Waals surface area contributed by atoms with Crippen LogP contribution < -0.4 is 0 Å². The topological polar surface area (TPSA) is 29.5 Å². The van der Waals surface area contributed by atoms with E-state index in [9.17, 15) is 5.11 Å². The van der Waals surface area contributed by atoms with E-state index in [0.29, 0.717) is 0 Å². The van der Waals surface area contributed by atoms with E-state index in [4.69, 9.17) is 4.74 Å². The van der Waals surface area contributed by atoms with E-state index >= 15 is 0 Å². The Balaban J connectivity index is 2.90. The molecule has 15 heavy (non-hydrogen) atoms. The van der Waals surface area contributed by atoms with Gasteiger partial charge in [-0.2, -0.15) is 0 Å². The van der Waals surface area contributed by atoms with Crippen LogP contribution in [0.25, 0.3) is 0 Å². The number of halogens is 1. The number of rotatable bonds is 2. The molecule has 0 radical (unpaired) electrons. The molecule has 84 valence electrons. The van der Waals surface area contributed by atoms with Crippen molar-refractivity contribution in [2.24, 2.45) is 0 Å². The smallest absolute Gasteiger partial charge is 0.121 e. The minimum absolute atomic E-state index is 0.123. The average molecular weight is 273 g/mol. The highest BCUT2D eigenvalue weighted by Gasteiger charge is 2.18. The van der Waals surface area contributed by atoms with Gasteiger partial charge < -0.3 is 9.84 Å². The number of hydrogen-bond acceptors (Lipinski definition) is 2. The van der Waals surface area contributed by atoms with Crippen LogP contribution in [-0.2, 0) is 4.74 Å². The van der Waals surface area contributed by atoms with Crippen molar-refractivity contribution < 1.29 is 9.84 Å². The lowest BCUT2D eigenvalue weighted by atomic mass is 10.1. The van der Waals surface area contributed by atoms with Crippen molar-refractivity contribution in [2.75, 3.05) is 0 Å². The van der Waals surface area contributed by atoms with Crippen LogP contribution in [0.5, 0.6) is 5.75 Å². The standard InChI is InChI=1S/C12H17BrO2/c1-8(15-12(2,3)4)10-7-9(13)5-6-11(10)14/h5-8,14H,1-4H3. The summed E-state index contributed by atoms with van der Waals surface area (Å²) in [5.74, 6) is 0.273. The molecular weight excluding hydrogens is 256 g/mol. The van der Waals surface area contributed by atoms with E-state index in [0.717, 1.165) is 10.0 Å². The first-order valence-electron chi connectivity index (χ1n) is 4.96. The third-order valence-corrected chi connectivity index (χ3v) is 2.45. The molecule has 1 atom stereocenters. The maximum atomic E-state index is 9.70. The molecule has 1 aromatic rings. The van der Waals surface area contributed by atoms with Crippen molar-refractivity contribution in [1.29, 1.82) is 0 Å². The van der Waals surface area contributed by atoms with E-state index < -0.39 is 0 Å². The van der Waals surface area contributed by atoms with Gasteiger partial charge in [-0.05, 0) is 45.9 Å². The number of hydrogen-bond donors (Lipinski definition) is 1. The molecular formula is C12H17BrO2. The zero-order valence-corrected chi connectivity index (χ0v) is 11.1. The Morgan fingerprint density at radius 1 is 1.33 bits per heavy atom. The molecule has 0 heterocycles. The van der Waals surface area contributed by atoms with E-state index in [-0.39, 0.29) is 17.5 Å². The lowest BCUT2D eigenvalue weighted by molar-refractivity contribution is -0.0537. The number of phenolic OH excluding ortho intramolecular Hbond substituents is 1. The predicted molar refractivity (Wildman–Crippen MR) is 65.1 cm³/mol. The Bertz CT molecular complexity index is 342. The highest BCUT2D eigenvalue weighted by atomic mass is 79.9. The van der Waals surface area contributed by atoms with Crippen LogP contribution in [-0.4, -0.2) is 10.7 Å². The van der Waals surface area contributed by atoms with E-state index in [2.05, 4.69) is 15.9 Å². The minimum Gasteiger partial charge on any atom is -0.508 e. The second kappa shape index (κ2) is 4.54. The zero-order chi connectivity index (χ0) is 11.6. The molecule has 1 N–H and O–H groups in total. The van der Waals surface area contributed by atoms with Gasteiger partial charge in [-0.1, -0.05) is 15.9 Å². The summed E-state index contributed by atoms with van der Waals surface area (Å²) in [4.78, 5) is 0. The summed E-state index contributed by atoms with van der Waals surface area (Å²) in [5.41, 5.74) is 0.591. The van der Waals surface area contributed by atoms with Crippen LogP contribution in [0.3, 0.4) is 0 Å². The zero-order valence-electron chi connectivity index (χ0n) is 9.54. The van der Waals surface area contributed by atoms with Crippen LogP contribution in [0.1, 0.15) is 39.4 Å². The van der Waals surface area contributed by atoms with Gasteiger partial charge in [0.1, 0.15) is 5.75 Å². The molecule has 0 aromatic heterocycles. The molecule has 2 nitrogen and oxygen atoms in total. The van der Waals surface area contributed by atoms with Crippen molar-refractivity contribution in [3.05, 3.63) is 28.2 Å². The lowest BCUT2D eigenvalue weighted by Crippen LogP contribution is -2.21.